The Morgan fingerprint density at radius 3 is 2.71 bits per heavy atom. The molecule has 1 rings (SSSR count). The molecule has 0 aromatic carbocycles. The molecule has 0 aliphatic heterocycles. The monoisotopic (exact) mass is 294 g/mol. The van der Waals surface area contributed by atoms with E-state index < -0.39 is 5.60 Å². The third kappa shape index (κ3) is 5.84. The molecule has 0 heterocycles. The van der Waals surface area contributed by atoms with Gasteiger partial charge in [-0.25, -0.2) is 0 Å². The smallest absolute Gasteiger partial charge is 0.302 e. The van der Waals surface area contributed by atoms with Gasteiger partial charge in [0.1, 0.15) is 12.4 Å². The van der Waals surface area contributed by atoms with Crippen molar-refractivity contribution in [2.24, 2.45) is 11.8 Å². The van der Waals surface area contributed by atoms with Crippen LogP contribution in [-0.2, 0) is 14.3 Å². The molecule has 0 fully saturated rings. The molecule has 0 saturated carbocycles. The molecule has 21 heavy (non-hydrogen) atoms. The Morgan fingerprint density at radius 1 is 1.52 bits per heavy atom. The highest BCUT2D eigenvalue weighted by Gasteiger charge is 2.28. The molecule has 0 bridgehead atoms. The Labute approximate surface area is 126 Å². The van der Waals surface area contributed by atoms with Crippen LogP contribution in [0.1, 0.15) is 47.0 Å². The number of ether oxygens (including phenoxy) is 1. The van der Waals surface area contributed by atoms with Crippen molar-refractivity contribution in [3.8, 4) is 0 Å². The summed E-state index contributed by atoms with van der Waals surface area (Å²) >= 11 is 0. The number of hydrogen-bond acceptors (Lipinski definition) is 4. The fraction of sp³-hybridized carbons (Fsp3) is 0.647. The largest absolute Gasteiger partial charge is 0.462 e. The number of allylic oxidation sites excluding steroid dienone is 1. The van der Waals surface area contributed by atoms with Crippen molar-refractivity contribution in [2.75, 3.05) is 0 Å². The van der Waals surface area contributed by atoms with E-state index in [0.717, 1.165) is 6.29 Å². The van der Waals surface area contributed by atoms with E-state index >= 15 is 0 Å². The lowest BCUT2D eigenvalue weighted by Gasteiger charge is -2.29. The molecule has 0 aromatic rings. The summed E-state index contributed by atoms with van der Waals surface area (Å²) in [6.07, 6.45) is 7.55. The average molecular weight is 294 g/mol. The van der Waals surface area contributed by atoms with E-state index in [4.69, 9.17) is 4.74 Å². The molecular formula is C17H26O4. The van der Waals surface area contributed by atoms with Crippen LogP contribution in [0.25, 0.3) is 0 Å². The highest BCUT2D eigenvalue weighted by Crippen LogP contribution is 2.28. The number of carbonyl (C=O) groups excluding carboxylic acids is 2. The summed E-state index contributed by atoms with van der Waals surface area (Å²) in [5.74, 6) is -0.163. The minimum atomic E-state index is -0.921. The molecule has 0 spiro atoms. The maximum Gasteiger partial charge on any atom is 0.302 e. The average Bonchev–Trinajstić information content (AvgIpc) is 2.35. The Kier molecular flexibility index (Phi) is 6.34. The van der Waals surface area contributed by atoms with Gasteiger partial charge in [-0.05, 0) is 31.3 Å². The zero-order chi connectivity index (χ0) is 16.0. The van der Waals surface area contributed by atoms with Gasteiger partial charge in [-0.1, -0.05) is 32.1 Å². The van der Waals surface area contributed by atoms with Crippen molar-refractivity contribution in [1.82, 2.24) is 0 Å². The standard InChI is InChI=1S/C17H26O4/c1-12(2)15-7-9-17(4,20)8-5-6-14(11-18)10-16(15)21-13(3)19/h6-7,9,11-12,15-16,20H,5,8,10H2,1-4H3. The van der Waals surface area contributed by atoms with E-state index in [0.29, 0.717) is 24.8 Å². The van der Waals surface area contributed by atoms with E-state index in [1.165, 1.54) is 6.92 Å². The van der Waals surface area contributed by atoms with Crippen molar-refractivity contribution in [1.29, 1.82) is 0 Å². The van der Waals surface area contributed by atoms with E-state index in [9.17, 15) is 14.7 Å². The number of hydrogen-bond donors (Lipinski definition) is 1. The van der Waals surface area contributed by atoms with Crippen molar-refractivity contribution < 1.29 is 19.4 Å². The first-order valence-electron chi connectivity index (χ1n) is 7.48. The predicted molar refractivity (Wildman–Crippen MR) is 81.6 cm³/mol. The van der Waals surface area contributed by atoms with Crippen LogP contribution in [0.5, 0.6) is 0 Å². The quantitative estimate of drug-likeness (QED) is 0.494. The van der Waals surface area contributed by atoms with Crippen molar-refractivity contribution in [3.05, 3.63) is 23.8 Å². The van der Waals surface area contributed by atoms with Crippen molar-refractivity contribution >= 4 is 12.3 Å². The molecule has 4 nitrogen and oxygen atoms in total. The van der Waals surface area contributed by atoms with Crippen LogP contribution in [0, 0.1) is 11.8 Å². The summed E-state index contributed by atoms with van der Waals surface area (Å²) in [4.78, 5) is 22.6. The van der Waals surface area contributed by atoms with Gasteiger partial charge in [-0.3, -0.25) is 9.59 Å². The summed E-state index contributed by atoms with van der Waals surface area (Å²) < 4.78 is 5.43. The maximum absolute atomic E-state index is 11.4. The number of aliphatic hydroxyl groups is 1. The summed E-state index contributed by atoms with van der Waals surface area (Å²) in [5.41, 5.74) is -0.298. The molecule has 0 radical (unpaired) electrons. The van der Waals surface area contributed by atoms with Gasteiger partial charge in [-0.2, -0.15) is 0 Å². The van der Waals surface area contributed by atoms with Crippen LogP contribution in [-0.4, -0.2) is 29.1 Å². The molecule has 0 amide bonds. The zero-order valence-corrected chi connectivity index (χ0v) is 13.3. The van der Waals surface area contributed by atoms with Gasteiger partial charge in [0.05, 0.1) is 5.60 Å². The number of esters is 1. The predicted octanol–water partition coefficient (Wildman–Crippen LogP) is 2.81. The fourth-order valence-electron chi connectivity index (χ4n) is 2.61. The van der Waals surface area contributed by atoms with Gasteiger partial charge in [0.25, 0.3) is 0 Å². The lowest BCUT2D eigenvalue weighted by molar-refractivity contribution is -0.149. The highest BCUT2D eigenvalue weighted by atomic mass is 16.5. The van der Waals surface area contributed by atoms with E-state index in [1.54, 1.807) is 13.0 Å². The molecule has 1 aliphatic carbocycles. The van der Waals surface area contributed by atoms with E-state index in [2.05, 4.69) is 0 Å². The molecular weight excluding hydrogens is 268 g/mol. The van der Waals surface area contributed by atoms with E-state index in [-0.39, 0.29) is 23.9 Å². The maximum atomic E-state index is 11.4. The molecule has 0 saturated heterocycles. The fourth-order valence-corrected chi connectivity index (χ4v) is 2.61. The Balaban J connectivity index is 3.14. The topological polar surface area (TPSA) is 63.6 Å². The van der Waals surface area contributed by atoms with Crippen LogP contribution in [0.3, 0.4) is 0 Å². The van der Waals surface area contributed by atoms with Gasteiger partial charge < -0.3 is 9.84 Å². The van der Waals surface area contributed by atoms with Gasteiger partial charge in [0.15, 0.2) is 0 Å². The third-order valence-electron chi connectivity index (χ3n) is 3.84. The summed E-state index contributed by atoms with van der Waals surface area (Å²) in [5, 5.41) is 10.3. The van der Waals surface area contributed by atoms with Gasteiger partial charge in [0, 0.05) is 19.3 Å². The van der Waals surface area contributed by atoms with Gasteiger partial charge in [0.2, 0.25) is 0 Å². The SMILES string of the molecule is CC(=O)OC1CC(C=O)=CCCC(C)(O)C=CC1C(C)C. The van der Waals surface area contributed by atoms with Crippen molar-refractivity contribution in [2.45, 2.75) is 58.7 Å². The second-order valence-corrected chi connectivity index (χ2v) is 6.33. The Hall–Kier alpha value is -1.42. The highest BCUT2D eigenvalue weighted by molar-refractivity contribution is 5.73. The van der Waals surface area contributed by atoms with Crippen molar-refractivity contribution in [3.63, 3.8) is 0 Å². The first kappa shape index (κ1) is 17.6. The first-order valence-corrected chi connectivity index (χ1v) is 7.48. The molecule has 3 unspecified atom stereocenters. The second-order valence-electron chi connectivity index (χ2n) is 6.33. The number of carbonyl (C=O) groups is 2. The number of rotatable bonds is 3. The first-order chi connectivity index (χ1) is 9.75. The molecule has 4 heteroatoms. The van der Waals surface area contributed by atoms with Gasteiger partial charge in [-0.15, -0.1) is 0 Å². The van der Waals surface area contributed by atoms with Crippen LogP contribution in [0.2, 0.25) is 0 Å². The minimum absolute atomic E-state index is 0.0400. The lowest BCUT2D eigenvalue weighted by Crippen LogP contribution is -2.31. The third-order valence-corrected chi connectivity index (χ3v) is 3.84. The van der Waals surface area contributed by atoms with Crippen LogP contribution in [0.15, 0.2) is 23.8 Å². The van der Waals surface area contributed by atoms with Crippen LogP contribution >= 0.6 is 0 Å². The van der Waals surface area contributed by atoms with E-state index in [1.807, 2.05) is 26.0 Å². The minimum Gasteiger partial charge on any atom is -0.462 e. The molecule has 1 aliphatic rings. The number of aldehydes is 1. The lowest BCUT2D eigenvalue weighted by atomic mass is 9.83. The van der Waals surface area contributed by atoms with Gasteiger partial charge >= 0.3 is 5.97 Å². The molecule has 3 atom stereocenters. The molecule has 1 N–H and O–H groups in total. The Morgan fingerprint density at radius 2 is 2.19 bits per heavy atom. The zero-order valence-electron chi connectivity index (χ0n) is 13.3. The normalized spacial score (nSPS) is 30.7. The summed E-state index contributed by atoms with van der Waals surface area (Å²) in [6, 6.07) is 0. The summed E-state index contributed by atoms with van der Waals surface area (Å²) in [6.45, 7) is 7.20. The molecule has 0 aromatic heterocycles. The van der Waals surface area contributed by atoms with Crippen LogP contribution in [0.4, 0.5) is 0 Å². The summed E-state index contributed by atoms with van der Waals surface area (Å²) in [7, 11) is 0. The van der Waals surface area contributed by atoms with Crippen LogP contribution < -0.4 is 0 Å². The second kappa shape index (κ2) is 7.55. The Bertz CT molecular complexity index is 432. The molecule has 118 valence electrons.